The summed E-state index contributed by atoms with van der Waals surface area (Å²) in [6, 6.07) is 19.3. The molecule has 1 amide bonds. The largest absolute Gasteiger partial charge is 0.480 e. The Morgan fingerprint density at radius 3 is 1.11 bits per heavy atom. The zero-order chi connectivity index (χ0) is 63.1. The Morgan fingerprint density at radius 2 is 0.775 bits per heavy atom. The topological polar surface area (TPSA) is 191 Å². The van der Waals surface area contributed by atoms with Crippen LogP contribution in [0.5, 0.6) is 0 Å². The predicted octanol–water partition coefficient (Wildman–Crippen LogP) is 14.6. The molecule has 13 nitrogen and oxygen atoms in total. The molecule has 7 aliphatic rings. The number of aromatic nitrogens is 4. The summed E-state index contributed by atoms with van der Waals surface area (Å²) in [5.74, 6) is -1.78. The Labute approximate surface area is 536 Å². The number of fused-ring (bicyclic) bond motifs is 4. The third-order valence-electron chi connectivity index (χ3n) is 18.9. The summed E-state index contributed by atoms with van der Waals surface area (Å²) in [6.45, 7) is 6.77. The third-order valence-corrected chi connectivity index (χ3v) is 24.9. The van der Waals surface area contributed by atoms with Crippen molar-refractivity contribution in [2.45, 2.75) is 157 Å². The summed E-state index contributed by atoms with van der Waals surface area (Å²) in [7, 11) is 2.77. The molecule has 4 aromatic heterocycles. The summed E-state index contributed by atoms with van der Waals surface area (Å²) in [5, 5.41) is 22.6. The molecule has 4 aromatic carbocycles. The summed E-state index contributed by atoms with van der Waals surface area (Å²) in [6.07, 6.45) is 11.8. The number of hydroxylamine groups is 1. The van der Waals surface area contributed by atoms with E-state index in [9.17, 15) is 47.1 Å². The van der Waals surface area contributed by atoms with Crippen LogP contribution >= 0.6 is 61.3 Å². The molecule has 0 unspecified atom stereocenters. The van der Waals surface area contributed by atoms with Crippen molar-refractivity contribution >= 4 is 85.1 Å². The lowest BCUT2D eigenvalue weighted by Gasteiger charge is -2.28. The van der Waals surface area contributed by atoms with Crippen molar-refractivity contribution in [2.75, 3.05) is 14.2 Å². The molecule has 15 rings (SSSR count). The average Bonchev–Trinajstić information content (AvgIpc) is 2.28. The second kappa shape index (κ2) is 24.2. The quantitative estimate of drug-likeness (QED) is 0.0481. The van der Waals surface area contributed by atoms with Crippen LogP contribution in [-0.2, 0) is 76.0 Å². The van der Waals surface area contributed by atoms with E-state index in [1.54, 1.807) is 98.3 Å². The minimum Gasteiger partial charge on any atom is -0.480 e. The zero-order valence-corrected chi connectivity index (χ0v) is 54.6. The Kier molecular flexibility index (Phi) is 17.1. The van der Waals surface area contributed by atoms with Gasteiger partial charge >= 0.3 is 17.9 Å². The van der Waals surface area contributed by atoms with Gasteiger partial charge in [0, 0.05) is 32.4 Å². The molecule has 3 saturated carbocycles. The van der Waals surface area contributed by atoms with Gasteiger partial charge in [0.1, 0.15) is 44.9 Å². The van der Waals surface area contributed by atoms with Gasteiger partial charge in [-0.05, 0) is 202 Å². The van der Waals surface area contributed by atoms with Gasteiger partial charge in [0.25, 0.3) is 5.91 Å². The van der Waals surface area contributed by atoms with Gasteiger partial charge in [-0.25, -0.2) is 43.0 Å². The van der Waals surface area contributed by atoms with E-state index >= 15 is 0 Å². The second-order valence-corrected chi connectivity index (χ2v) is 29.4. The van der Waals surface area contributed by atoms with Crippen LogP contribution in [0, 0.1) is 51.0 Å². The number of nitrogens with zero attached hydrogens (tertiary/aromatic N) is 4. The molecule has 89 heavy (non-hydrogen) atoms. The van der Waals surface area contributed by atoms with Crippen molar-refractivity contribution in [1.29, 1.82) is 0 Å². The molecule has 8 aromatic rings. The number of rotatable bonds is 11. The van der Waals surface area contributed by atoms with Gasteiger partial charge < -0.3 is 14.6 Å². The Bertz CT molecular complexity index is 4020. The molecule has 3 fully saturated rings. The van der Waals surface area contributed by atoms with E-state index in [1.807, 2.05) is 6.07 Å². The van der Waals surface area contributed by atoms with Crippen LogP contribution in [0.15, 0.2) is 76.7 Å². The molecule has 22 heteroatoms. The SMILES string of the molecule is COC(=O)[C@@]1(c2cccc(F)c2C)CCc2nc(Br)sc21.COC(=O)[C@@]1(c2cccc(F)c2C)CCc2nc(C3CC3)sc21.Cc1c(F)cccc1[C@]1(C(=O)NO)CCc2nc(C3CC3)sc21.Cc1c(F)cccc1[C@]1(C(=O)O)CCc2nc(C3CC3)sc21. The van der Waals surface area contributed by atoms with Gasteiger partial charge in [0.15, 0.2) is 3.92 Å². The number of carbonyl (C=O) groups excluding carboxylic acids is 3. The number of benzene rings is 4. The monoisotopic (exact) mass is 1350 g/mol. The van der Waals surface area contributed by atoms with Gasteiger partial charge in [0.05, 0.1) is 56.9 Å². The fraction of sp³-hybridized carbons (Fsp3) is 0.403. The molecule has 4 atom stereocenters. The first-order valence-electron chi connectivity index (χ1n) is 29.7. The van der Waals surface area contributed by atoms with Crippen molar-refractivity contribution in [3.05, 3.63) is 202 Å². The third kappa shape index (κ3) is 10.6. The van der Waals surface area contributed by atoms with Crippen LogP contribution in [-0.4, -0.2) is 68.3 Å². The molecular weight excluding hydrogens is 1290 g/mol. The van der Waals surface area contributed by atoms with Crippen molar-refractivity contribution in [2.24, 2.45) is 0 Å². The van der Waals surface area contributed by atoms with E-state index < -0.39 is 33.5 Å². The maximum Gasteiger partial charge on any atom is 0.321 e. The van der Waals surface area contributed by atoms with E-state index in [4.69, 9.17) is 19.4 Å². The van der Waals surface area contributed by atoms with Crippen molar-refractivity contribution in [3.63, 3.8) is 0 Å². The minimum atomic E-state index is -1.13. The first-order chi connectivity index (χ1) is 42.7. The van der Waals surface area contributed by atoms with Gasteiger partial charge in [-0.1, -0.05) is 48.5 Å². The van der Waals surface area contributed by atoms with Gasteiger partial charge in [-0.15, -0.1) is 45.3 Å². The summed E-state index contributed by atoms with van der Waals surface area (Å²) >= 11 is 9.47. The number of hydrogen-bond donors (Lipinski definition) is 3. The summed E-state index contributed by atoms with van der Waals surface area (Å²) in [4.78, 5) is 72.3. The molecule has 4 heterocycles. The number of amides is 1. The lowest BCUT2D eigenvalue weighted by molar-refractivity contribution is -0.146. The number of esters is 2. The van der Waals surface area contributed by atoms with Crippen molar-refractivity contribution in [3.8, 4) is 0 Å². The Balaban J connectivity index is 0.000000115. The second-order valence-electron chi connectivity index (χ2n) is 24.0. The average molecular weight is 1350 g/mol. The van der Waals surface area contributed by atoms with E-state index in [0.29, 0.717) is 107 Å². The fourth-order valence-corrected chi connectivity index (χ4v) is 19.9. The van der Waals surface area contributed by atoms with Gasteiger partial charge in [-0.2, -0.15) is 0 Å². The Hall–Kier alpha value is -6.56. The Morgan fingerprint density at radius 1 is 0.483 bits per heavy atom. The number of carbonyl (C=O) groups is 4. The molecule has 0 radical (unpaired) electrons. The highest BCUT2D eigenvalue weighted by molar-refractivity contribution is 9.11. The number of ether oxygens (including phenoxy) is 2. The normalized spacial score (nSPS) is 22.5. The van der Waals surface area contributed by atoms with E-state index in [1.165, 1.54) is 74.0 Å². The van der Waals surface area contributed by atoms with E-state index in [0.717, 1.165) is 93.3 Å². The number of nitrogens with one attached hydrogen (secondary N) is 1. The maximum absolute atomic E-state index is 14.1. The highest BCUT2D eigenvalue weighted by atomic mass is 79.9. The van der Waals surface area contributed by atoms with Crippen LogP contribution in [0.3, 0.4) is 0 Å². The summed E-state index contributed by atoms with van der Waals surface area (Å²) < 4.78 is 67.1. The molecule has 464 valence electrons. The number of carboxylic acid groups (broad SMARTS) is 1. The van der Waals surface area contributed by atoms with Crippen LogP contribution in [0.25, 0.3) is 0 Å². The van der Waals surface area contributed by atoms with Crippen LogP contribution in [0.4, 0.5) is 17.6 Å². The molecule has 0 aliphatic heterocycles. The van der Waals surface area contributed by atoms with Crippen LogP contribution in [0.2, 0.25) is 0 Å². The number of methoxy groups -OCH3 is 2. The smallest absolute Gasteiger partial charge is 0.321 e. The number of carboxylic acids is 1. The number of thiazole rings is 4. The van der Waals surface area contributed by atoms with E-state index in [-0.39, 0.29) is 35.2 Å². The van der Waals surface area contributed by atoms with Crippen molar-refractivity contribution < 1.29 is 56.5 Å². The number of aliphatic carboxylic acids is 1. The first-order valence-corrected chi connectivity index (χ1v) is 33.8. The molecular formula is C67H64BrF4N5O8S4. The number of halogens is 5. The number of hydrogen-bond acceptors (Lipinski definition) is 15. The predicted molar refractivity (Wildman–Crippen MR) is 335 cm³/mol. The highest BCUT2D eigenvalue weighted by Gasteiger charge is 2.55. The fourth-order valence-electron chi connectivity index (χ4n) is 13.7. The highest BCUT2D eigenvalue weighted by Crippen LogP contribution is 2.56. The van der Waals surface area contributed by atoms with E-state index in [2.05, 4.69) is 25.9 Å². The standard InChI is InChI=1S/C18H18FNO2S.C17H17FN2O2S.C17H16FNO2S.C15H13BrFNO2S/c1-10-12(4-3-5-13(10)19)18(17(21)22-2)9-8-14-15(18)23-16(20-14)11-6-7-11;1-9-11(3-2-4-12(9)18)17(16(21)20-22)8-7-13-14(17)23-15(19-13)10-5-6-10;1-9-11(3-2-4-12(9)18)17(16(20)21)8-7-13-14(17)22-15(19-13)10-5-6-10;1-8-9(4-3-5-10(8)17)15(13(19)20-2)7-6-11-12(15)21-14(16)18-11/h3-5,11H,6-9H2,1-2H3;2-4,10,22H,5-8H2,1H3,(H,20,21);2-4,10H,5-8H2,1H3,(H,20,21);3-5H,6-7H2,1-2H3/t18-;2*17-;15-/m1111/s1. The minimum absolute atomic E-state index is 0.286. The van der Waals surface area contributed by atoms with Gasteiger partial charge in [0.2, 0.25) is 0 Å². The molecule has 0 bridgehead atoms. The first kappa shape index (κ1) is 62.6. The van der Waals surface area contributed by atoms with Crippen LogP contribution in [0.1, 0.15) is 184 Å². The lowest BCUT2D eigenvalue weighted by atomic mass is 9.76. The lowest BCUT2D eigenvalue weighted by Crippen LogP contribution is -2.42. The zero-order valence-electron chi connectivity index (χ0n) is 49.7. The van der Waals surface area contributed by atoms with Crippen molar-refractivity contribution in [1.82, 2.24) is 25.4 Å². The molecule has 0 saturated heterocycles. The molecule has 3 N–H and O–H groups in total. The molecule has 0 spiro atoms. The summed E-state index contributed by atoms with van der Waals surface area (Å²) in [5.41, 5.74) is 5.96. The number of aryl methyl sites for hydroxylation is 4. The van der Waals surface area contributed by atoms with Crippen LogP contribution < -0.4 is 5.48 Å². The maximum atomic E-state index is 14.1. The van der Waals surface area contributed by atoms with Gasteiger partial charge in [-0.3, -0.25) is 24.4 Å². The molecule has 7 aliphatic carbocycles.